The third-order valence-electron chi connectivity index (χ3n) is 4.40. The van der Waals surface area contributed by atoms with Gasteiger partial charge in [-0.25, -0.2) is 19.9 Å². The number of hydrogen-bond donors (Lipinski definition) is 2. The van der Waals surface area contributed by atoms with Gasteiger partial charge in [0.15, 0.2) is 11.3 Å². The van der Waals surface area contributed by atoms with Crippen LogP contribution in [0.25, 0.3) is 22.6 Å². The molecule has 0 saturated carbocycles. The maximum atomic E-state index is 13.5. The summed E-state index contributed by atoms with van der Waals surface area (Å²) in [5.74, 6) is -1.14. The highest BCUT2D eigenvalue weighted by molar-refractivity contribution is 5.91. The Morgan fingerprint density at radius 3 is 2.29 bits per heavy atom. The molecule has 0 radical (unpaired) electrons. The standard InChI is InChI=1S/C19H10F6N8O/c20-18(21,22)8-1-2-13(28-6-8)30-10-3-4-27-17-15(10)29-7-12(31-17)14-9(19(23,24)25)5-11(16(26)34)32-33-14/h1-7H,(H2,26,34)(H,27,28,30,31). The summed E-state index contributed by atoms with van der Waals surface area (Å²) in [5, 5.41) is 9.60. The summed E-state index contributed by atoms with van der Waals surface area (Å²) in [5.41, 5.74) is 1.28. The molecule has 0 atom stereocenters. The molecule has 15 heteroatoms. The summed E-state index contributed by atoms with van der Waals surface area (Å²) in [6, 6.07) is 3.81. The highest BCUT2D eigenvalue weighted by atomic mass is 19.4. The number of hydrogen-bond acceptors (Lipinski definition) is 8. The Morgan fingerprint density at radius 1 is 0.912 bits per heavy atom. The molecule has 0 aromatic carbocycles. The van der Waals surface area contributed by atoms with Gasteiger partial charge in [0.05, 0.1) is 23.0 Å². The fraction of sp³-hybridized carbons (Fsp3) is 0.105. The van der Waals surface area contributed by atoms with E-state index in [-0.39, 0.29) is 28.4 Å². The Kier molecular flexibility index (Phi) is 5.46. The lowest BCUT2D eigenvalue weighted by molar-refractivity contribution is -0.138. The van der Waals surface area contributed by atoms with E-state index < -0.39 is 40.8 Å². The van der Waals surface area contributed by atoms with Gasteiger partial charge in [-0.1, -0.05) is 0 Å². The van der Waals surface area contributed by atoms with Crippen LogP contribution in [0.3, 0.4) is 0 Å². The van der Waals surface area contributed by atoms with E-state index in [0.717, 1.165) is 18.3 Å². The van der Waals surface area contributed by atoms with Crippen LogP contribution in [0.5, 0.6) is 0 Å². The zero-order valence-corrected chi connectivity index (χ0v) is 16.5. The van der Waals surface area contributed by atoms with Gasteiger partial charge in [-0.15, -0.1) is 10.2 Å². The van der Waals surface area contributed by atoms with Crippen LogP contribution < -0.4 is 11.1 Å². The van der Waals surface area contributed by atoms with Gasteiger partial charge in [-0.05, 0) is 24.3 Å². The molecule has 0 saturated heterocycles. The highest BCUT2D eigenvalue weighted by Gasteiger charge is 2.36. The highest BCUT2D eigenvalue weighted by Crippen LogP contribution is 2.36. The van der Waals surface area contributed by atoms with E-state index in [1.807, 2.05) is 0 Å². The van der Waals surface area contributed by atoms with E-state index in [2.05, 4.69) is 35.5 Å². The normalized spacial score (nSPS) is 12.1. The first-order valence-electron chi connectivity index (χ1n) is 9.10. The largest absolute Gasteiger partial charge is 0.418 e. The third-order valence-corrected chi connectivity index (χ3v) is 4.40. The van der Waals surface area contributed by atoms with Crippen molar-refractivity contribution in [3.63, 3.8) is 0 Å². The first-order chi connectivity index (χ1) is 15.9. The summed E-state index contributed by atoms with van der Waals surface area (Å²) in [7, 11) is 0. The van der Waals surface area contributed by atoms with Gasteiger partial charge in [0.1, 0.15) is 22.7 Å². The first kappa shape index (κ1) is 22.8. The minimum Gasteiger partial charge on any atom is -0.364 e. The minimum absolute atomic E-state index is 0.0543. The quantitative estimate of drug-likeness (QED) is 0.422. The maximum Gasteiger partial charge on any atom is 0.418 e. The topological polar surface area (TPSA) is 132 Å². The molecule has 0 aliphatic heterocycles. The Hall–Kier alpha value is -4.43. The Balaban J connectivity index is 1.73. The van der Waals surface area contributed by atoms with Crippen molar-refractivity contribution >= 4 is 28.6 Å². The van der Waals surface area contributed by atoms with Crippen molar-refractivity contribution < 1.29 is 31.1 Å². The zero-order valence-electron chi connectivity index (χ0n) is 16.5. The van der Waals surface area contributed by atoms with Crippen molar-refractivity contribution in [1.82, 2.24) is 30.1 Å². The summed E-state index contributed by atoms with van der Waals surface area (Å²) in [4.78, 5) is 27.0. The van der Waals surface area contributed by atoms with Crippen LogP contribution in [0, 0.1) is 0 Å². The van der Waals surface area contributed by atoms with Crippen molar-refractivity contribution in [2.45, 2.75) is 12.4 Å². The van der Waals surface area contributed by atoms with Gasteiger partial charge in [0.25, 0.3) is 5.91 Å². The number of amides is 1. The monoisotopic (exact) mass is 480 g/mol. The summed E-state index contributed by atoms with van der Waals surface area (Å²) in [6.07, 6.45) is -6.57. The average Bonchev–Trinajstić information content (AvgIpc) is 2.77. The fourth-order valence-corrected chi connectivity index (χ4v) is 2.83. The van der Waals surface area contributed by atoms with Crippen LogP contribution in [0.1, 0.15) is 21.6 Å². The van der Waals surface area contributed by atoms with Gasteiger partial charge in [0, 0.05) is 12.4 Å². The molecule has 4 aromatic rings. The Labute approximate surface area is 185 Å². The number of nitrogens with one attached hydrogen (secondary N) is 1. The second kappa shape index (κ2) is 8.17. The smallest absolute Gasteiger partial charge is 0.364 e. The van der Waals surface area contributed by atoms with Gasteiger partial charge < -0.3 is 11.1 Å². The first-order valence-corrected chi connectivity index (χ1v) is 9.10. The number of fused-ring (bicyclic) bond motifs is 1. The lowest BCUT2D eigenvalue weighted by atomic mass is 10.1. The Morgan fingerprint density at radius 2 is 1.68 bits per heavy atom. The van der Waals surface area contributed by atoms with Gasteiger partial charge >= 0.3 is 12.4 Å². The molecule has 4 rings (SSSR count). The van der Waals surface area contributed by atoms with E-state index in [0.29, 0.717) is 12.3 Å². The number of nitrogens with zero attached hydrogens (tertiary/aromatic N) is 6. The number of halogens is 6. The van der Waals surface area contributed by atoms with E-state index >= 15 is 0 Å². The van der Waals surface area contributed by atoms with E-state index in [4.69, 9.17) is 5.73 Å². The second-order valence-corrected chi connectivity index (χ2v) is 6.69. The molecule has 0 bridgehead atoms. The minimum atomic E-state index is -4.91. The number of anilines is 2. The van der Waals surface area contributed by atoms with Crippen LogP contribution in [-0.4, -0.2) is 36.0 Å². The zero-order chi connectivity index (χ0) is 24.7. The summed E-state index contributed by atoms with van der Waals surface area (Å²) >= 11 is 0. The molecule has 4 heterocycles. The van der Waals surface area contributed by atoms with Crippen LogP contribution in [-0.2, 0) is 12.4 Å². The number of pyridine rings is 2. The predicted molar refractivity (Wildman–Crippen MR) is 104 cm³/mol. The van der Waals surface area contributed by atoms with Crippen LogP contribution in [0.4, 0.5) is 37.8 Å². The fourth-order valence-electron chi connectivity index (χ4n) is 2.83. The molecule has 34 heavy (non-hydrogen) atoms. The molecule has 3 N–H and O–H groups in total. The third kappa shape index (κ3) is 4.53. The number of carbonyl (C=O) groups is 1. The molecule has 9 nitrogen and oxygen atoms in total. The van der Waals surface area contributed by atoms with Crippen molar-refractivity contribution in [3.05, 3.63) is 59.7 Å². The molecule has 0 aliphatic rings. The number of carbonyl (C=O) groups excluding carboxylic acids is 1. The van der Waals surface area contributed by atoms with E-state index in [1.54, 1.807) is 0 Å². The number of primary amides is 1. The maximum absolute atomic E-state index is 13.5. The average molecular weight is 480 g/mol. The molecule has 1 amide bonds. The Bertz CT molecular complexity index is 1390. The van der Waals surface area contributed by atoms with E-state index in [1.165, 1.54) is 12.3 Å². The number of aromatic nitrogens is 6. The molecule has 0 fully saturated rings. The van der Waals surface area contributed by atoms with Crippen molar-refractivity contribution in [2.75, 3.05) is 5.32 Å². The predicted octanol–water partition coefficient (Wildman–Crippen LogP) is 3.76. The van der Waals surface area contributed by atoms with Gasteiger partial charge in [-0.2, -0.15) is 26.3 Å². The van der Waals surface area contributed by atoms with Crippen LogP contribution >= 0.6 is 0 Å². The molecule has 0 aliphatic carbocycles. The van der Waals surface area contributed by atoms with Gasteiger partial charge in [-0.3, -0.25) is 4.79 Å². The number of rotatable bonds is 4. The SMILES string of the molecule is NC(=O)c1cc(C(F)(F)F)c(-c2cnc3c(Nc4ccc(C(F)(F)F)cn4)ccnc3n2)nn1. The summed E-state index contributed by atoms with van der Waals surface area (Å²) < 4.78 is 78.7. The lowest BCUT2D eigenvalue weighted by Gasteiger charge is -2.12. The van der Waals surface area contributed by atoms with Gasteiger partial charge in [0.2, 0.25) is 0 Å². The van der Waals surface area contributed by atoms with Crippen LogP contribution in [0.15, 0.2) is 42.9 Å². The van der Waals surface area contributed by atoms with Crippen molar-refractivity contribution in [3.8, 4) is 11.4 Å². The molecule has 4 aromatic heterocycles. The second-order valence-electron chi connectivity index (χ2n) is 6.69. The number of nitrogens with two attached hydrogens (primary N) is 1. The lowest BCUT2D eigenvalue weighted by Crippen LogP contribution is -2.18. The van der Waals surface area contributed by atoms with E-state index in [9.17, 15) is 31.1 Å². The molecular formula is C19H10F6N8O. The van der Waals surface area contributed by atoms with Crippen molar-refractivity contribution in [1.29, 1.82) is 0 Å². The summed E-state index contributed by atoms with van der Waals surface area (Å²) in [6.45, 7) is 0. The molecule has 174 valence electrons. The van der Waals surface area contributed by atoms with Crippen LogP contribution in [0.2, 0.25) is 0 Å². The molecule has 0 spiro atoms. The molecule has 0 unspecified atom stereocenters. The molecular weight excluding hydrogens is 470 g/mol. The van der Waals surface area contributed by atoms with Crippen molar-refractivity contribution in [2.24, 2.45) is 5.73 Å². The number of alkyl halides is 6.